The van der Waals surface area contributed by atoms with E-state index in [-0.39, 0.29) is 0 Å². The highest BCUT2D eigenvalue weighted by Crippen LogP contribution is 2.32. The first-order valence-electron chi connectivity index (χ1n) is 7.84. The summed E-state index contributed by atoms with van der Waals surface area (Å²) in [5.74, 6) is 2.31. The summed E-state index contributed by atoms with van der Waals surface area (Å²) in [5, 5.41) is 8.99. The molecule has 0 N–H and O–H groups in total. The largest absolute Gasteiger partial charge is 0.497 e. The highest BCUT2D eigenvalue weighted by atomic mass is 35.5. The molecular weight excluding hydrogens is 324 g/mol. The van der Waals surface area contributed by atoms with Crippen molar-refractivity contribution in [2.24, 2.45) is 10.2 Å². The van der Waals surface area contributed by atoms with Gasteiger partial charge in [0.2, 0.25) is 0 Å². The van der Waals surface area contributed by atoms with Crippen LogP contribution >= 0.6 is 11.6 Å². The first kappa shape index (κ1) is 16.5. The number of hydrogen-bond acceptors (Lipinski definition) is 4. The Morgan fingerprint density at radius 2 is 1.75 bits per heavy atom. The van der Waals surface area contributed by atoms with Crippen LogP contribution in [0.3, 0.4) is 0 Å². The number of nitrogens with zero attached hydrogens (tertiary/aromatic N) is 2. The molecule has 0 aliphatic carbocycles. The maximum Gasteiger partial charge on any atom is 0.132 e. The molecule has 4 nitrogen and oxygen atoms in total. The van der Waals surface area contributed by atoms with Crippen molar-refractivity contribution in [1.29, 1.82) is 0 Å². The Labute approximate surface area is 146 Å². The lowest BCUT2D eigenvalue weighted by atomic mass is 10.0. The molecular formula is C19H19ClN2O2. The van der Waals surface area contributed by atoms with Crippen LogP contribution < -0.4 is 9.47 Å². The topological polar surface area (TPSA) is 43.2 Å². The molecule has 0 spiro atoms. The van der Waals surface area contributed by atoms with E-state index in [0.717, 1.165) is 53.5 Å². The lowest BCUT2D eigenvalue weighted by Crippen LogP contribution is -2.02. The summed E-state index contributed by atoms with van der Waals surface area (Å²) in [6, 6.07) is 13.2. The number of halogens is 1. The minimum Gasteiger partial charge on any atom is -0.497 e. The Kier molecular flexibility index (Phi) is 5.16. The predicted octanol–water partition coefficient (Wildman–Crippen LogP) is 5.29. The van der Waals surface area contributed by atoms with Gasteiger partial charge in [0.05, 0.1) is 7.11 Å². The van der Waals surface area contributed by atoms with Gasteiger partial charge < -0.3 is 9.47 Å². The molecule has 2 aromatic carbocycles. The number of rotatable bonds is 6. The van der Waals surface area contributed by atoms with E-state index in [9.17, 15) is 0 Å². The van der Waals surface area contributed by atoms with Crippen LogP contribution in [-0.4, -0.2) is 18.5 Å². The van der Waals surface area contributed by atoms with E-state index in [0.29, 0.717) is 5.02 Å². The maximum atomic E-state index is 6.39. The molecule has 0 unspecified atom stereocenters. The van der Waals surface area contributed by atoms with Crippen LogP contribution in [0.5, 0.6) is 17.2 Å². The quantitative estimate of drug-likeness (QED) is 0.715. The van der Waals surface area contributed by atoms with Gasteiger partial charge in [-0.15, -0.1) is 0 Å². The van der Waals surface area contributed by atoms with Crippen LogP contribution in [0.2, 0.25) is 5.02 Å². The lowest BCUT2D eigenvalue weighted by molar-refractivity contribution is 0.412. The zero-order valence-corrected chi connectivity index (χ0v) is 14.5. The van der Waals surface area contributed by atoms with Crippen molar-refractivity contribution in [2.75, 3.05) is 7.11 Å². The minimum absolute atomic E-state index is 0.706. The molecule has 1 aliphatic rings. The first-order chi connectivity index (χ1) is 11.7. The van der Waals surface area contributed by atoms with Crippen molar-refractivity contribution in [1.82, 2.24) is 0 Å². The monoisotopic (exact) mass is 342 g/mol. The van der Waals surface area contributed by atoms with Gasteiger partial charge in [-0.05, 0) is 56.2 Å². The van der Waals surface area contributed by atoms with Crippen molar-refractivity contribution in [3.05, 3.63) is 53.1 Å². The third-order valence-electron chi connectivity index (χ3n) is 3.85. The molecule has 0 saturated heterocycles. The zero-order chi connectivity index (χ0) is 16.9. The van der Waals surface area contributed by atoms with Crippen LogP contribution in [0.15, 0.2) is 52.7 Å². The second-order valence-electron chi connectivity index (χ2n) is 5.67. The van der Waals surface area contributed by atoms with Crippen LogP contribution in [0, 0.1) is 0 Å². The van der Waals surface area contributed by atoms with Gasteiger partial charge in [0.1, 0.15) is 17.2 Å². The SMILES string of the molecule is COc1ccc(Oc2cccc(Cl)c2CCC2=NN=C(C)C2)cc1. The molecule has 124 valence electrons. The Bertz CT molecular complexity index is 782. The fourth-order valence-electron chi connectivity index (χ4n) is 2.58. The summed E-state index contributed by atoms with van der Waals surface area (Å²) < 4.78 is 11.2. The molecule has 0 amide bonds. The molecule has 0 fully saturated rings. The number of methoxy groups -OCH3 is 1. The fourth-order valence-corrected chi connectivity index (χ4v) is 2.84. The van der Waals surface area contributed by atoms with E-state index in [2.05, 4.69) is 10.2 Å². The van der Waals surface area contributed by atoms with Crippen molar-refractivity contribution in [2.45, 2.75) is 26.2 Å². The van der Waals surface area contributed by atoms with Crippen LogP contribution in [-0.2, 0) is 6.42 Å². The molecule has 0 bridgehead atoms. The smallest absolute Gasteiger partial charge is 0.132 e. The van der Waals surface area contributed by atoms with Crippen LogP contribution in [0.1, 0.15) is 25.3 Å². The van der Waals surface area contributed by atoms with Crippen molar-refractivity contribution >= 4 is 23.0 Å². The fraction of sp³-hybridized carbons (Fsp3) is 0.263. The standard InChI is InChI=1S/C19H19ClN2O2/c1-13-12-14(22-21-13)6-11-17-18(20)4-3-5-19(17)24-16-9-7-15(23-2)8-10-16/h3-5,7-10H,6,11-12H2,1-2H3. The lowest BCUT2D eigenvalue weighted by Gasteiger charge is -2.13. The molecule has 5 heteroatoms. The molecule has 24 heavy (non-hydrogen) atoms. The molecule has 0 atom stereocenters. The summed E-state index contributed by atoms with van der Waals surface area (Å²) in [6.07, 6.45) is 2.44. The first-order valence-corrected chi connectivity index (χ1v) is 8.21. The van der Waals surface area contributed by atoms with Crippen LogP contribution in [0.25, 0.3) is 0 Å². The maximum absolute atomic E-state index is 6.39. The van der Waals surface area contributed by atoms with Crippen molar-refractivity contribution in [3.8, 4) is 17.2 Å². The molecule has 0 radical (unpaired) electrons. The minimum atomic E-state index is 0.706. The van der Waals surface area contributed by atoms with Gasteiger partial charge in [-0.2, -0.15) is 10.2 Å². The summed E-state index contributed by atoms with van der Waals surface area (Å²) in [5.41, 5.74) is 3.13. The molecule has 2 aromatic rings. The Morgan fingerprint density at radius 1 is 1.00 bits per heavy atom. The summed E-state index contributed by atoms with van der Waals surface area (Å²) in [6.45, 7) is 1.99. The second kappa shape index (κ2) is 7.49. The Balaban J connectivity index is 1.74. The molecule has 1 aliphatic heterocycles. The van der Waals surface area contributed by atoms with E-state index >= 15 is 0 Å². The average Bonchev–Trinajstić information content (AvgIpc) is 3.00. The highest BCUT2D eigenvalue weighted by molar-refractivity contribution is 6.31. The van der Waals surface area contributed by atoms with Gasteiger partial charge >= 0.3 is 0 Å². The Hall–Kier alpha value is -2.33. The summed E-state index contributed by atoms with van der Waals surface area (Å²) in [7, 11) is 1.64. The van der Waals surface area contributed by atoms with Gasteiger partial charge in [-0.25, -0.2) is 0 Å². The Morgan fingerprint density at radius 3 is 2.42 bits per heavy atom. The van der Waals surface area contributed by atoms with E-state index in [1.165, 1.54) is 0 Å². The molecule has 0 aromatic heterocycles. The van der Waals surface area contributed by atoms with E-state index in [4.69, 9.17) is 21.1 Å². The number of ether oxygens (including phenoxy) is 2. The van der Waals surface area contributed by atoms with Crippen molar-refractivity contribution < 1.29 is 9.47 Å². The third kappa shape index (κ3) is 3.95. The van der Waals surface area contributed by atoms with Crippen molar-refractivity contribution in [3.63, 3.8) is 0 Å². The summed E-state index contributed by atoms with van der Waals surface area (Å²) >= 11 is 6.39. The normalized spacial score (nSPS) is 13.5. The zero-order valence-electron chi connectivity index (χ0n) is 13.8. The summed E-state index contributed by atoms with van der Waals surface area (Å²) in [4.78, 5) is 0. The molecule has 0 saturated carbocycles. The second-order valence-corrected chi connectivity index (χ2v) is 6.08. The van der Waals surface area contributed by atoms with E-state index in [1.807, 2.05) is 49.4 Å². The van der Waals surface area contributed by atoms with Gasteiger partial charge in [-0.3, -0.25) is 0 Å². The predicted molar refractivity (Wildman–Crippen MR) is 98.0 cm³/mol. The van der Waals surface area contributed by atoms with Gasteiger partial charge in [0.25, 0.3) is 0 Å². The molecule has 1 heterocycles. The third-order valence-corrected chi connectivity index (χ3v) is 4.20. The highest BCUT2D eigenvalue weighted by Gasteiger charge is 2.13. The average molecular weight is 343 g/mol. The van der Waals surface area contributed by atoms with Gasteiger partial charge in [0.15, 0.2) is 0 Å². The number of benzene rings is 2. The van der Waals surface area contributed by atoms with E-state index < -0.39 is 0 Å². The van der Waals surface area contributed by atoms with E-state index in [1.54, 1.807) is 7.11 Å². The van der Waals surface area contributed by atoms with Crippen LogP contribution in [0.4, 0.5) is 0 Å². The number of hydrogen-bond donors (Lipinski definition) is 0. The van der Waals surface area contributed by atoms with Gasteiger partial charge in [-0.1, -0.05) is 17.7 Å². The van der Waals surface area contributed by atoms with Gasteiger partial charge in [0, 0.05) is 28.4 Å². The molecule has 3 rings (SSSR count).